The minimum Gasteiger partial charge on any atom is -0.402 e. The smallest absolute Gasteiger partial charge is 0.0437 e. The van der Waals surface area contributed by atoms with Crippen LogP contribution in [-0.4, -0.2) is 6.04 Å². The van der Waals surface area contributed by atoms with E-state index in [0.29, 0.717) is 5.92 Å². The summed E-state index contributed by atoms with van der Waals surface area (Å²) in [5.41, 5.74) is 8.56. The van der Waals surface area contributed by atoms with Gasteiger partial charge in [0.15, 0.2) is 0 Å². The van der Waals surface area contributed by atoms with E-state index >= 15 is 0 Å². The van der Waals surface area contributed by atoms with Crippen molar-refractivity contribution in [2.45, 2.75) is 46.1 Å². The molecule has 0 rings (SSSR count). The van der Waals surface area contributed by atoms with Gasteiger partial charge in [0.1, 0.15) is 0 Å². The predicted octanol–water partition coefficient (Wildman–Crippen LogP) is 3.33. The predicted molar refractivity (Wildman–Crippen MR) is 72.9 cm³/mol. The van der Waals surface area contributed by atoms with Crippen LogP contribution in [0.4, 0.5) is 0 Å². The second-order valence-electron chi connectivity index (χ2n) is 4.59. The lowest BCUT2D eigenvalue weighted by atomic mass is 9.94. The fraction of sp³-hybridized carbons (Fsp3) is 0.571. The molecule has 0 saturated heterocycles. The van der Waals surface area contributed by atoms with Gasteiger partial charge in [-0.1, -0.05) is 38.7 Å². The fourth-order valence-corrected chi connectivity index (χ4v) is 1.58. The van der Waals surface area contributed by atoms with Crippen LogP contribution in [0.5, 0.6) is 0 Å². The Morgan fingerprint density at radius 2 is 1.88 bits per heavy atom. The highest BCUT2D eigenvalue weighted by Crippen LogP contribution is 2.20. The third-order valence-corrected chi connectivity index (χ3v) is 2.78. The minimum atomic E-state index is 0.262. The molecule has 0 amide bonds. The van der Waals surface area contributed by atoms with Crippen LogP contribution in [0.25, 0.3) is 0 Å². The van der Waals surface area contributed by atoms with Crippen LogP contribution in [0.1, 0.15) is 40.0 Å². The van der Waals surface area contributed by atoms with Gasteiger partial charge in [-0.2, -0.15) is 0 Å². The highest BCUT2D eigenvalue weighted by molar-refractivity contribution is 5.10. The highest BCUT2D eigenvalue weighted by Gasteiger charge is 2.14. The van der Waals surface area contributed by atoms with Gasteiger partial charge in [-0.15, -0.1) is 0 Å². The molecule has 2 unspecified atom stereocenters. The van der Waals surface area contributed by atoms with Crippen LogP contribution in [-0.2, 0) is 0 Å². The summed E-state index contributed by atoms with van der Waals surface area (Å²) in [6.07, 6.45) is 3.02. The van der Waals surface area contributed by atoms with Gasteiger partial charge in [-0.05, 0) is 26.7 Å². The standard InChI is InChI=1S/C14H26N2/c1-7-8-14(9-11(4)15)13(6)16-12(5)10(2)3/h12,14,16H,2,4,6-9,15H2,1,3,5H3. The molecule has 0 bridgehead atoms. The number of nitrogens with two attached hydrogens (primary N) is 1. The van der Waals surface area contributed by atoms with E-state index in [0.717, 1.165) is 36.2 Å². The van der Waals surface area contributed by atoms with Crippen LogP contribution < -0.4 is 11.1 Å². The summed E-state index contributed by atoms with van der Waals surface area (Å²) < 4.78 is 0. The van der Waals surface area contributed by atoms with E-state index in [1.807, 2.05) is 6.92 Å². The molecule has 92 valence electrons. The van der Waals surface area contributed by atoms with Crippen molar-refractivity contribution in [1.29, 1.82) is 0 Å². The number of rotatable bonds is 8. The number of allylic oxidation sites excluding steroid dienone is 2. The lowest BCUT2D eigenvalue weighted by Gasteiger charge is -2.24. The average Bonchev–Trinajstić information content (AvgIpc) is 2.16. The molecule has 3 N–H and O–H groups in total. The second-order valence-corrected chi connectivity index (χ2v) is 4.59. The fourth-order valence-electron chi connectivity index (χ4n) is 1.58. The summed E-state index contributed by atoms with van der Waals surface area (Å²) >= 11 is 0. The first-order valence-electron chi connectivity index (χ1n) is 5.92. The minimum absolute atomic E-state index is 0.262. The molecular formula is C14H26N2. The summed E-state index contributed by atoms with van der Waals surface area (Å²) in [7, 11) is 0. The van der Waals surface area contributed by atoms with Crippen molar-refractivity contribution in [1.82, 2.24) is 5.32 Å². The third kappa shape index (κ3) is 5.64. The molecule has 0 aromatic carbocycles. The van der Waals surface area contributed by atoms with Crippen LogP contribution in [0.2, 0.25) is 0 Å². The van der Waals surface area contributed by atoms with E-state index in [1.54, 1.807) is 0 Å². The van der Waals surface area contributed by atoms with E-state index in [4.69, 9.17) is 5.73 Å². The van der Waals surface area contributed by atoms with Crippen molar-refractivity contribution in [2.75, 3.05) is 0 Å². The zero-order valence-corrected chi connectivity index (χ0v) is 11.0. The topological polar surface area (TPSA) is 38.0 Å². The van der Waals surface area contributed by atoms with Gasteiger partial charge in [0.05, 0.1) is 0 Å². The van der Waals surface area contributed by atoms with E-state index < -0.39 is 0 Å². The summed E-state index contributed by atoms with van der Waals surface area (Å²) in [4.78, 5) is 0. The maximum Gasteiger partial charge on any atom is 0.0437 e. The molecule has 0 fully saturated rings. The molecule has 0 aliphatic rings. The first-order valence-corrected chi connectivity index (χ1v) is 5.92. The quantitative estimate of drug-likeness (QED) is 0.618. The molecular weight excluding hydrogens is 196 g/mol. The molecule has 0 aromatic rings. The van der Waals surface area contributed by atoms with Crippen LogP contribution in [0, 0.1) is 5.92 Å². The maximum absolute atomic E-state index is 5.67. The molecule has 0 radical (unpaired) electrons. The highest BCUT2D eigenvalue weighted by atomic mass is 14.9. The number of nitrogens with one attached hydrogen (secondary N) is 1. The van der Waals surface area contributed by atoms with Crippen LogP contribution in [0.15, 0.2) is 36.7 Å². The van der Waals surface area contributed by atoms with Gasteiger partial charge in [0, 0.05) is 23.4 Å². The first-order chi connectivity index (χ1) is 7.38. The van der Waals surface area contributed by atoms with Crippen LogP contribution in [0.3, 0.4) is 0 Å². The number of hydrogen-bond donors (Lipinski definition) is 2. The molecule has 0 aromatic heterocycles. The Kier molecular flexibility index (Phi) is 6.63. The molecule has 0 spiro atoms. The van der Waals surface area contributed by atoms with Crippen molar-refractivity contribution < 1.29 is 0 Å². The molecule has 0 aliphatic carbocycles. The lowest BCUT2D eigenvalue weighted by molar-refractivity contribution is 0.493. The Labute approximate surface area is 100 Å². The monoisotopic (exact) mass is 222 g/mol. The largest absolute Gasteiger partial charge is 0.402 e. The van der Waals surface area contributed by atoms with Crippen molar-refractivity contribution in [2.24, 2.45) is 11.7 Å². The molecule has 16 heavy (non-hydrogen) atoms. The number of hydrogen-bond acceptors (Lipinski definition) is 2. The molecule has 0 heterocycles. The average molecular weight is 222 g/mol. The Bertz CT molecular complexity index is 266. The van der Waals surface area contributed by atoms with Crippen LogP contribution >= 0.6 is 0 Å². The zero-order chi connectivity index (χ0) is 12.7. The van der Waals surface area contributed by atoms with Crippen molar-refractivity contribution in [3.63, 3.8) is 0 Å². The van der Waals surface area contributed by atoms with E-state index in [9.17, 15) is 0 Å². The summed E-state index contributed by atoms with van der Waals surface area (Å²) in [5, 5.41) is 3.38. The Balaban J connectivity index is 4.37. The van der Waals surface area contributed by atoms with Crippen molar-refractivity contribution in [3.05, 3.63) is 36.7 Å². The first kappa shape index (κ1) is 14.8. The maximum atomic E-state index is 5.67. The van der Waals surface area contributed by atoms with Gasteiger partial charge >= 0.3 is 0 Å². The molecule has 2 heteroatoms. The van der Waals surface area contributed by atoms with Gasteiger partial charge < -0.3 is 11.1 Å². The molecule has 2 nitrogen and oxygen atoms in total. The zero-order valence-electron chi connectivity index (χ0n) is 11.0. The van der Waals surface area contributed by atoms with Gasteiger partial charge in [-0.25, -0.2) is 0 Å². The van der Waals surface area contributed by atoms with Gasteiger partial charge in [0.25, 0.3) is 0 Å². The third-order valence-electron chi connectivity index (χ3n) is 2.78. The van der Waals surface area contributed by atoms with Crippen molar-refractivity contribution >= 4 is 0 Å². The SMILES string of the molecule is C=C(N)CC(CCC)C(=C)NC(C)C(=C)C. The Morgan fingerprint density at radius 3 is 2.25 bits per heavy atom. The summed E-state index contributed by atoms with van der Waals surface area (Å²) in [6.45, 7) is 18.1. The second kappa shape index (κ2) is 7.15. The molecule has 2 atom stereocenters. The summed E-state index contributed by atoms with van der Waals surface area (Å²) in [6, 6.07) is 0.262. The molecule has 0 saturated carbocycles. The van der Waals surface area contributed by atoms with Gasteiger partial charge in [0.2, 0.25) is 0 Å². The van der Waals surface area contributed by atoms with Crippen molar-refractivity contribution in [3.8, 4) is 0 Å². The van der Waals surface area contributed by atoms with E-state index in [2.05, 4.69) is 38.9 Å². The Morgan fingerprint density at radius 1 is 1.31 bits per heavy atom. The normalized spacial score (nSPS) is 13.9. The van der Waals surface area contributed by atoms with E-state index in [1.165, 1.54) is 0 Å². The van der Waals surface area contributed by atoms with E-state index in [-0.39, 0.29) is 6.04 Å². The molecule has 0 aliphatic heterocycles. The van der Waals surface area contributed by atoms with Gasteiger partial charge in [-0.3, -0.25) is 0 Å². The Hall–Kier alpha value is -1.18. The lowest BCUT2D eigenvalue weighted by Crippen LogP contribution is -2.29. The summed E-state index contributed by atoms with van der Waals surface area (Å²) in [5.74, 6) is 0.379.